The van der Waals surface area contributed by atoms with Crippen LogP contribution < -0.4 is 10.1 Å². The predicted octanol–water partition coefficient (Wildman–Crippen LogP) is 1.57. The van der Waals surface area contributed by atoms with Crippen LogP contribution in [0.4, 0.5) is 4.79 Å². The molecule has 0 fully saturated rings. The zero-order chi connectivity index (χ0) is 17.2. The summed E-state index contributed by atoms with van der Waals surface area (Å²) in [6.07, 6.45) is 0. The number of benzene rings is 1. The van der Waals surface area contributed by atoms with Crippen LogP contribution in [0.3, 0.4) is 0 Å². The fraction of sp³-hybridized carbons (Fsp3) is 0.500. The average molecular weight is 324 g/mol. The van der Waals surface area contributed by atoms with E-state index >= 15 is 0 Å². The first kappa shape index (κ1) is 18.8. The van der Waals surface area contributed by atoms with E-state index in [1.165, 1.54) is 4.90 Å². The summed E-state index contributed by atoms with van der Waals surface area (Å²) in [5.74, 6) is -0.824. The molecule has 1 unspecified atom stereocenters. The molecule has 0 aliphatic rings. The lowest BCUT2D eigenvalue weighted by Crippen LogP contribution is -2.40. The van der Waals surface area contributed by atoms with Gasteiger partial charge in [0, 0.05) is 27.2 Å². The largest absolute Gasteiger partial charge is 0.491 e. The summed E-state index contributed by atoms with van der Waals surface area (Å²) in [4.78, 5) is 24.1. The second kappa shape index (κ2) is 9.68. The maximum atomic E-state index is 11.9. The molecule has 1 aromatic rings. The van der Waals surface area contributed by atoms with E-state index < -0.39 is 11.9 Å². The number of aliphatic carboxylic acids is 1. The van der Waals surface area contributed by atoms with Gasteiger partial charge in [-0.3, -0.25) is 4.79 Å². The monoisotopic (exact) mass is 324 g/mol. The predicted molar refractivity (Wildman–Crippen MR) is 85.5 cm³/mol. The molecule has 0 aromatic heterocycles. The minimum atomic E-state index is -0.925. The highest BCUT2D eigenvalue weighted by Crippen LogP contribution is 2.13. The van der Waals surface area contributed by atoms with Gasteiger partial charge in [-0.2, -0.15) is 0 Å². The third-order valence-electron chi connectivity index (χ3n) is 3.21. The number of rotatable bonds is 9. The summed E-state index contributed by atoms with van der Waals surface area (Å²) in [7, 11) is 3.18. The van der Waals surface area contributed by atoms with E-state index in [1.54, 1.807) is 21.1 Å². The Morgan fingerprint density at radius 1 is 1.35 bits per heavy atom. The van der Waals surface area contributed by atoms with Gasteiger partial charge in [0.25, 0.3) is 0 Å². The van der Waals surface area contributed by atoms with Gasteiger partial charge in [0.2, 0.25) is 0 Å². The van der Waals surface area contributed by atoms with Crippen LogP contribution in [0.15, 0.2) is 24.3 Å². The molecule has 0 aliphatic heterocycles. The Bertz CT molecular complexity index is 521. The molecule has 128 valence electrons. The summed E-state index contributed by atoms with van der Waals surface area (Å²) in [6.45, 7) is 3.02. The molecule has 0 saturated carbocycles. The molecule has 7 heteroatoms. The first-order chi connectivity index (χ1) is 10.9. The van der Waals surface area contributed by atoms with Gasteiger partial charge in [0.1, 0.15) is 12.4 Å². The highest BCUT2D eigenvalue weighted by atomic mass is 16.5. The summed E-state index contributed by atoms with van der Waals surface area (Å²) in [6, 6.07) is 7.09. The van der Waals surface area contributed by atoms with Crippen molar-refractivity contribution in [3.8, 4) is 5.75 Å². The molecule has 1 aromatic carbocycles. The topological polar surface area (TPSA) is 88.1 Å². The Hall–Kier alpha value is -2.28. The number of carbonyl (C=O) groups is 2. The van der Waals surface area contributed by atoms with E-state index in [4.69, 9.17) is 14.6 Å². The number of nitrogens with one attached hydrogen (secondary N) is 1. The van der Waals surface area contributed by atoms with Crippen LogP contribution >= 0.6 is 0 Å². The van der Waals surface area contributed by atoms with Crippen LogP contribution in [0.2, 0.25) is 0 Å². The van der Waals surface area contributed by atoms with Crippen LogP contribution in [0.1, 0.15) is 12.5 Å². The maximum Gasteiger partial charge on any atom is 0.317 e. The lowest BCUT2D eigenvalue weighted by atomic mass is 10.2. The van der Waals surface area contributed by atoms with Crippen molar-refractivity contribution in [2.75, 3.05) is 33.9 Å². The fourth-order valence-electron chi connectivity index (χ4n) is 1.87. The molecule has 0 bridgehead atoms. The molecule has 0 spiro atoms. The average Bonchev–Trinajstić information content (AvgIpc) is 2.53. The smallest absolute Gasteiger partial charge is 0.317 e. The number of urea groups is 1. The SMILES string of the molecule is COCCOc1cccc(CNC(=O)N(C)CC(C)C(=O)O)c1. The van der Waals surface area contributed by atoms with Crippen molar-refractivity contribution in [1.82, 2.24) is 10.2 Å². The highest BCUT2D eigenvalue weighted by Gasteiger charge is 2.17. The van der Waals surface area contributed by atoms with Crippen LogP contribution in [0, 0.1) is 5.92 Å². The zero-order valence-corrected chi connectivity index (χ0v) is 13.7. The van der Waals surface area contributed by atoms with E-state index in [-0.39, 0.29) is 12.6 Å². The van der Waals surface area contributed by atoms with Crippen molar-refractivity contribution in [2.45, 2.75) is 13.5 Å². The number of methoxy groups -OCH3 is 1. The first-order valence-electron chi connectivity index (χ1n) is 7.36. The second-order valence-corrected chi connectivity index (χ2v) is 5.27. The summed E-state index contributed by atoms with van der Waals surface area (Å²) < 4.78 is 10.4. The van der Waals surface area contributed by atoms with Gasteiger partial charge in [-0.1, -0.05) is 19.1 Å². The van der Waals surface area contributed by atoms with E-state index in [2.05, 4.69) is 5.32 Å². The standard InChI is InChI=1S/C16H24N2O5/c1-12(15(19)20)11-18(2)16(21)17-10-13-5-4-6-14(9-13)23-8-7-22-3/h4-6,9,12H,7-8,10-11H2,1-3H3,(H,17,21)(H,19,20). The normalized spacial score (nSPS) is 11.6. The van der Waals surface area contributed by atoms with E-state index in [0.29, 0.717) is 25.5 Å². The first-order valence-corrected chi connectivity index (χ1v) is 7.36. The fourth-order valence-corrected chi connectivity index (χ4v) is 1.87. The molecule has 0 saturated heterocycles. The number of hydrogen-bond donors (Lipinski definition) is 2. The Morgan fingerprint density at radius 3 is 2.74 bits per heavy atom. The number of carbonyl (C=O) groups excluding carboxylic acids is 1. The molecule has 1 rings (SSSR count). The minimum Gasteiger partial charge on any atom is -0.491 e. The third kappa shape index (κ3) is 7.01. The lowest BCUT2D eigenvalue weighted by molar-refractivity contribution is -0.141. The lowest BCUT2D eigenvalue weighted by Gasteiger charge is -2.20. The molecule has 0 heterocycles. The van der Waals surface area contributed by atoms with Crippen LogP contribution in [0.25, 0.3) is 0 Å². The molecule has 0 radical (unpaired) electrons. The van der Waals surface area contributed by atoms with Crippen molar-refractivity contribution in [2.24, 2.45) is 5.92 Å². The van der Waals surface area contributed by atoms with Crippen molar-refractivity contribution in [3.63, 3.8) is 0 Å². The number of hydrogen-bond acceptors (Lipinski definition) is 4. The van der Waals surface area contributed by atoms with Crippen molar-refractivity contribution in [3.05, 3.63) is 29.8 Å². The number of amides is 2. The molecule has 2 amide bonds. The Labute approximate surface area is 136 Å². The minimum absolute atomic E-state index is 0.154. The molecular formula is C16H24N2O5. The molecule has 1 atom stereocenters. The van der Waals surface area contributed by atoms with Gasteiger partial charge in [0.15, 0.2) is 0 Å². The van der Waals surface area contributed by atoms with Crippen molar-refractivity contribution >= 4 is 12.0 Å². The summed E-state index contributed by atoms with van der Waals surface area (Å²) in [5, 5.41) is 11.6. The maximum absolute atomic E-state index is 11.9. The van der Waals surface area contributed by atoms with Crippen LogP contribution in [-0.4, -0.2) is 55.9 Å². The molecule has 2 N–H and O–H groups in total. The van der Waals surface area contributed by atoms with Gasteiger partial charge in [-0.25, -0.2) is 4.79 Å². The van der Waals surface area contributed by atoms with Crippen molar-refractivity contribution in [1.29, 1.82) is 0 Å². The van der Waals surface area contributed by atoms with E-state index in [0.717, 1.165) is 5.56 Å². The van der Waals surface area contributed by atoms with Gasteiger partial charge in [-0.05, 0) is 17.7 Å². The Balaban J connectivity index is 2.46. The second-order valence-electron chi connectivity index (χ2n) is 5.27. The van der Waals surface area contributed by atoms with Crippen molar-refractivity contribution < 1.29 is 24.2 Å². The zero-order valence-electron chi connectivity index (χ0n) is 13.7. The number of carboxylic acids is 1. The Morgan fingerprint density at radius 2 is 2.09 bits per heavy atom. The van der Waals surface area contributed by atoms with Gasteiger partial charge in [-0.15, -0.1) is 0 Å². The van der Waals surface area contributed by atoms with Gasteiger partial charge < -0.3 is 24.8 Å². The summed E-state index contributed by atoms with van der Waals surface area (Å²) >= 11 is 0. The van der Waals surface area contributed by atoms with Gasteiger partial charge >= 0.3 is 12.0 Å². The van der Waals surface area contributed by atoms with Crippen LogP contribution in [0.5, 0.6) is 5.75 Å². The third-order valence-corrected chi connectivity index (χ3v) is 3.21. The Kier molecular flexibility index (Phi) is 7.90. The van der Waals surface area contributed by atoms with Crippen LogP contribution in [-0.2, 0) is 16.1 Å². The van der Waals surface area contributed by atoms with E-state index in [9.17, 15) is 9.59 Å². The molecule has 0 aliphatic carbocycles. The molecule has 23 heavy (non-hydrogen) atoms. The molecule has 7 nitrogen and oxygen atoms in total. The van der Waals surface area contributed by atoms with E-state index in [1.807, 2.05) is 24.3 Å². The quantitative estimate of drug-likeness (QED) is 0.673. The number of ether oxygens (including phenoxy) is 2. The summed E-state index contributed by atoms with van der Waals surface area (Å²) in [5.41, 5.74) is 0.896. The highest BCUT2D eigenvalue weighted by molar-refractivity contribution is 5.75. The molecular weight excluding hydrogens is 300 g/mol. The number of nitrogens with zero attached hydrogens (tertiary/aromatic N) is 1. The number of carboxylic acid groups (broad SMARTS) is 1. The van der Waals surface area contributed by atoms with Gasteiger partial charge in [0.05, 0.1) is 12.5 Å².